The molecule has 0 saturated carbocycles. The first-order valence-electron chi connectivity index (χ1n) is 11.1. The Balaban J connectivity index is 1.65. The maximum Gasteiger partial charge on any atom is 0.340 e. The first-order valence-corrected chi connectivity index (χ1v) is 11.1. The molecule has 3 aromatic rings. The Morgan fingerprint density at radius 1 is 0.806 bits per heavy atom. The largest absolute Gasteiger partial charge is 0.493 e. The van der Waals surface area contributed by atoms with Crippen LogP contribution >= 0.6 is 0 Å². The van der Waals surface area contributed by atoms with Crippen LogP contribution in [0.4, 0.5) is 21.9 Å². The van der Waals surface area contributed by atoms with Crippen molar-refractivity contribution in [2.24, 2.45) is 0 Å². The molecule has 0 bridgehead atoms. The monoisotopic (exact) mass is 489 g/mol. The highest BCUT2D eigenvalue weighted by Crippen LogP contribution is 2.34. The van der Waals surface area contributed by atoms with E-state index in [9.17, 15) is 14.4 Å². The van der Waals surface area contributed by atoms with Gasteiger partial charge in [-0.3, -0.25) is 4.79 Å². The smallest absolute Gasteiger partial charge is 0.340 e. The number of nitrogens with one attached hydrogen (secondary N) is 3. The van der Waals surface area contributed by atoms with Crippen molar-refractivity contribution in [3.05, 3.63) is 83.9 Å². The predicted octanol–water partition coefficient (Wildman–Crippen LogP) is 5.18. The second-order valence-electron chi connectivity index (χ2n) is 7.36. The number of rotatable bonds is 9. The molecule has 3 N–H and O–H groups in total. The van der Waals surface area contributed by atoms with Crippen LogP contribution in [0.15, 0.2) is 72.8 Å². The minimum absolute atomic E-state index is 0.139. The Morgan fingerprint density at radius 2 is 1.42 bits per heavy atom. The fourth-order valence-corrected chi connectivity index (χ4v) is 3.20. The minimum Gasteiger partial charge on any atom is -0.493 e. The lowest BCUT2D eigenvalue weighted by Crippen LogP contribution is -2.19. The van der Waals surface area contributed by atoms with E-state index in [1.54, 1.807) is 49.4 Å². The third-order valence-electron chi connectivity index (χ3n) is 4.90. The number of urea groups is 1. The molecule has 3 amide bonds. The van der Waals surface area contributed by atoms with Crippen LogP contribution in [0.1, 0.15) is 22.8 Å². The second-order valence-corrected chi connectivity index (χ2v) is 7.36. The quantitative estimate of drug-likeness (QED) is 0.282. The molecule has 0 saturated heterocycles. The lowest BCUT2D eigenvalue weighted by Gasteiger charge is -2.14. The van der Waals surface area contributed by atoms with Gasteiger partial charge in [0.15, 0.2) is 11.5 Å². The SMILES string of the molecule is CCOC(=O)c1cc(OC)c(OC)cc1NC(=O)/C=C/c1ccc(NC(=O)Nc2ccccc2)cc1. The summed E-state index contributed by atoms with van der Waals surface area (Å²) in [5.41, 5.74) is 2.37. The number of carbonyl (C=O) groups excluding carboxylic acids is 3. The number of ether oxygens (including phenoxy) is 3. The molecular weight excluding hydrogens is 462 g/mol. The molecular formula is C27H27N3O6. The molecule has 9 heteroatoms. The van der Waals surface area contributed by atoms with Crippen molar-refractivity contribution in [2.45, 2.75) is 6.92 Å². The van der Waals surface area contributed by atoms with Crippen LogP contribution in [0.3, 0.4) is 0 Å². The number of methoxy groups -OCH3 is 2. The van der Waals surface area contributed by atoms with Gasteiger partial charge < -0.3 is 30.2 Å². The van der Waals surface area contributed by atoms with Crippen LogP contribution in [-0.2, 0) is 9.53 Å². The standard InChI is InChI=1S/C27H27N3O6/c1-4-36-26(32)21-16-23(34-2)24(35-3)17-22(21)30-25(31)15-12-18-10-13-20(14-11-18)29-27(33)28-19-8-6-5-7-9-19/h5-17H,4H2,1-3H3,(H,30,31)(H2,28,29,33)/b15-12+. The maximum atomic E-state index is 12.6. The van der Waals surface area contributed by atoms with Crippen LogP contribution in [0.25, 0.3) is 6.08 Å². The fourth-order valence-electron chi connectivity index (χ4n) is 3.20. The highest BCUT2D eigenvalue weighted by molar-refractivity contribution is 6.07. The van der Waals surface area contributed by atoms with Gasteiger partial charge in [-0.15, -0.1) is 0 Å². The predicted molar refractivity (Wildman–Crippen MR) is 139 cm³/mol. The van der Waals surface area contributed by atoms with Gasteiger partial charge >= 0.3 is 12.0 Å². The number of amides is 3. The number of esters is 1. The van der Waals surface area contributed by atoms with Gasteiger partial charge in [0.05, 0.1) is 32.1 Å². The highest BCUT2D eigenvalue weighted by Gasteiger charge is 2.19. The van der Waals surface area contributed by atoms with Gasteiger partial charge in [-0.25, -0.2) is 9.59 Å². The number of carbonyl (C=O) groups is 3. The van der Waals surface area contributed by atoms with Gasteiger partial charge in [0.2, 0.25) is 5.91 Å². The van der Waals surface area contributed by atoms with Gasteiger partial charge in [0.1, 0.15) is 0 Å². The third kappa shape index (κ3) is 7.10. The molecule has 0 atom stereocenters. The zero-order valence-electron chi connectivity index (χ0n) is 20.2. The highest BCUT2D eigenvalue weighted by atomic mass is 16.5. The van der Waals surface area contributed by atoms with Crippen molar-refractivity contribution in [3.63, 3.8) is 0 Å². The van der Waals surface area contributed by atoms with Crippen LogP contribution in [0.2, 0.25) is 0 Å². The average Bonchev–Trinajstić information content (AvgIpc) is 2.88. The van der Waals surface area contributed by atoms with E-state index in [0.717, 1.165) is 5.56 Å². The fraction of sp³-hybridized carbons (Fsp3) is 0.148. The molecule has 3 aromatic carbocycles. The second kappa shape index (κ2) is 12.6. The van der Waals surface area contributed by atoms with Gasteiger partial charge in [0.25, 0.3) is 0 Å². The number of hydrogen-bond donors (Lipinski definition) is 3. The van der Waals surface area contributed by atoms with Crippen molar-refractivity contribution in [2.75, 3.05) is 36.8 Å². The topological polar surface area (TPSA) is 115 Å². The van der Waals surface area contributed by atoms with Crippen molar-refractivity contribution in [3.8, 4) is 11.5 Å². The molecule has 3 rings (SSSR count). The summed E-state index contributed by atoms with van der Waals surface area (Å²) in [6.07, 6.45) is 2.93. The van der Waals surface area contributed by atoms with E-state index in [-0.39, 0.29) is 23.9 Å². The number of benzene rings is 3. The Labute approximate surface area is 209 Å². The van der Waals surface area contributed by atoms with E-state index < -0.39 is 11.9 Å². The molecule has 0 aromatic heterocycles. The molecule has 0 fully saturated rings. The van der Waals surface area contributed by atoms with Gasteiger partial charge in [-0.2, -0.15) is 0 Å². The number of hydrogen-bond acceptors (Lipinski definition) is 6. The molecule has 9 nitrogen and oxygen atoms in total. The van der Waals surface area contributed by atoms with E-state index in [1.807, 2.05) is 18.2 Å². The Kier molecular flexibility index (Phi) is 9.05. The molecule has 0 aliphatic carbocycles. The van der Waals surface area contributed by atoms with Crippen molar-refractivity contribution in [1.29, 1.82) is 0 Å². The number of para-hydroxylation sites is 1. The zero-order chi connectivity index (χ0) is 25.9. The van der Waals surface area contributed by atoms with Crippen molar-refractivity contribution in [1.82, 2.24) is 0 Å². The van der Waals surface area contributed by atoms with Gasteiger partial charge in [-0.05, 0) is 42.8 Å². The summed E-state index contributed by atoms with van der Waals surface area (Å²) in [5, 5.41) is 8.16. The summed E-state index contributed by atoms with van der Waals surface area (Å²) in [7, 11) is 2.90. The minimum atomic E-state index is -0.600. The molecule has 0 spiro atoms. The summed E-state index contributed by atoms with van der Waals surface area (Å²) in [4.78, 5) is 37.1. The number of anilines is 3. The first-order chi connectivity index (χ1) is 17.4. The summed E-state index contributed by atoms with van der Waals surface area (Å²) in [6, 6.07) is 18.6. The van der Waals surface area contributed by atoms with Crippen LogP contribution in [0.5, 0.6) is 11.5 Å². The molecule has 0 heterocycles. The zero-order valence-corrected chi connectivity index (χ0v) is 20.2. The third-order valence-corrected chi connectivity index (χ3v) is 4.90. The van der Waals surface area contributed by atoms with E-state index >= 15 is 0 Å². The summed E-state index contributed by atoms with van der Waals surface area (Å²) in [5.74, 6) is -0.376. The Hall–Kier alpha value is -4.79. The summed E-state index contributed by atoms with van der Waals surface area (Å²) < 4.78 is 15.6. The van der Waals surface area contributed by atoms with Gasteiger partial charge in [-0.1, -0.05) is 30.3 Å². The van der Waals surface area contributed by atoms with Crippen LogP contribution in [-0.4, -0.2) is 38.7 Å². The van der Waals surface area contributed by atoms with E-state index in [1.165, 1.54) is 32.4 Å². The molecule has 0 aliphatic rings. The Bertz CT molecular complexity index is 1240. The Morgan fingerprint density at radius 3 is 2.03 bits per heavy atom. The summed E-state index contributed by atoms with van der Waals surface area (Å²) in [6.45, 7) is 1.87. The van der Waals surface area contributed by atoms with E-state index in [2.05, 4.69) is 16.0 Å². The van der Waals surface area contributed by atoms with Crippen LogP contribution < -0.4 is 25.4 Å². The van der Waals surface area contributed by atoms with E-state index in [0.29, 0.717) is 22.9 Å². The maximum absolute atomic E-state index is 12.6. The first kappa shape index (κ1) is 25.8. The van der Waals surface area contributed by atoms with Gasteiger partial charge in [0, 0.05) is 29.6 Å². The van der Waals surface area contributed by atoms with Crippen molar-refractivity contribution >= 4 is 41.0 Å². The normalized spacial score (nSPS) is 10.4. The summed E-state index contributed by atoms with van der Waals surface area (Å²) >= 11 is 0. The van der Waals surface area contributed by atoms with Crippen molar-refractivity contribution < 1.29 is 28.6 Å². The van der Waals surface area contributed by atoms with E-state index in [4.69, 9.17) is 14.2 Å². The lowest BCUT2D eigenvalue weighted by atomic mass is 10.1. The molecule has 186 valence electrons. The molecule has 0 unspecified atom stereocenters. The molecule has 0 aliphatic heterocycles. The average molecular weight is 490 g/mol. The lowest BCUT2D eigenvalue weighted by molar-refractivity contribution is -0.111. The molecule has 36 heavy (non-hydrogen) atoms. The van der Waals surface area contributed by atoms with Crippen LogP contribution in [0, 0.1) is 0 Å². The molecule has 0 radical (unpaired) electrons.